The van der Waals surface area contributed by atoms with Gasteiger partial charge in [0, 0.05) is 63.8 Å². The van der Waals surface area contributed by atoms with E-state index in [4.69, 9.17) is 16.3 Å². The highest BCUT2D eigenvalue weighted by molar-refractivity contribution is 6.30. The number of hydrogen-bond acceptors (Lipinski definition) is 5. The Morgan fingerprint density at radius 2 is 1.97 bits per heavy atom. The zero-order chi connectivity index (χ0) is 22.0. The summed E-state index contributed by atoms with van der Waals surface area (Å²) >= 11 is 5.76. The molecule has 1 saturated heterocycles. The van der Waals surface area contributed by atoms with Crippen LogP contribution >= 0.6 is 11.6 Å². The SMILES string of the molecule is Cc1nn(C)cc1CN1CCN(C(=O)c2ccn(COc3ccc(F)c(Cl)c3)n2)CC1. The number of carbonyl (C=O) groups excluding carboxylic acids is 1. The monoisotopic (exact) mass is 446 g/mol. The summed E-state index contributed by atoms with van der Waals surface area (Å²) in [6.07, 6.45) is 3.72. The van der Waals surface area contributed by atoms with Crippen molar-refractivity contribution in [2.45, 2.75) is 20.2 Å². The molecule has 4 rings (SSSR count). The molecule has 31 heavy (non-hydrogen) atoms. The second kappa shape index (κ2) is 9.07. The fourth-order valence-electron chi connectivity index (χ4n) is 3.57. The molecule has 0 saturated carbocycles. The second-order valence-electron chi connectivity index (χ2n) is 7.57. The van der Waals surface area contributed by atoms with Crippen molar-refractivity contribution in [3.63, 3.8) is 0 Å². The van der Waals surface area contributed by atoms with Gasteiger partial charge in [-0.3, -0.25) is 14.4 Å². The lowest BCUT2D eigenvalue weighted by molar-refractivity contribution is 0.0620. The minimum absolute atomic E-state index is 0.00772. The Hall–Kier alpha value is -2.91. The first-order valence-corrected chi connectivity index (χ1v) is 10.4. The van der Waals surface area contributed by atoms with Crippen LogP contribution in [0.5, 0.6) is 5.75 Å². The molecule has 10 heteroatoms. The lowest BCUT2D eigenvalue weighted by Gasteiger charge is -2.34. The van der Waals surface area contributed by atoms with E-state index in [2.05, 4.69) is 15.1 Å². The topological polar surface area (TPSA) is 68.4 Å². The van der Waals surface area contributed by atoms with Crippen LogP contribution in [0.1, 0.15) is 21.7 Å². The Kier molecular flexibility index (Phi) is 6.24. The van der Waals surface area contributed by atoms with Crippen LogP contribution in [0, 0.1) is 12.7 Å². The number of carbonyl (C=O) groups is 1. The molecule has 164 valence electrons. The zero-order valence-corrected chi connectivity index (χ0v) is 18.2. The van der Waals surface area contributed by atoms with Gasteiger partial charge >= 0.3 is 0 Å². The number of aryl methyl sites for hydroxylation is 2. The predicted octanol–water partition coefficient (Wildman–Crippen LogP) is 2.71. The molecule has 0 spiro atoms. The van der Waals surface area contributed by atoms with Crippen LogP contribution in [0.4, 0.5) is 4.39 Å². The van der Waals surface area contributed by atoms with Crippen LogP contribution in [-0.4, -0.2) is 61.4 Å². The molecule has 3 aromatic rings. The summed E-state index contributed by atoms with van der Waals surface area (Å²) in [6, 6.07) is 5.81. The van der Waals surface area contributed by atoms with E-state index in [1.54, 1.807) is 12.3 Å². The standard InChI is InChI=1S/C21H24ClFN6O2/c1-15-16(12-26(2)24-15)13-27-7-9-28(10-8-27)21(30)20-5-6-29(25-20)14-31-17-3-4-19(23)18(22)11-17/h3-6,11-12H,7-10,13-14H2,1-2H3. The van der Waals surface area contributed by atoms with Crippen molar-refractivity contribution in [1.29, 1.82) is 0 Å². The van der Waals surface area contributed by atoms with E-state index in [9.17, 15) is 9.18 Å². The second-order valence-corrected chi connectivity index (χ2v) is 7.98. The van der Waals surface area contributed by atoms with E-state index in [0.29, 0.717) is 24.5 Å². The maximum Gasteiger partial charge on any atom is 0.274 e. The van der Waals surface area contributed by atoms with Gasteiger partial charge < -0.3 is 9.64 Å². The van der Waals surface area contributed by atoms with Crippen LogP contribution in [-0.2, 0) is 20.3 Å². The molecule has 1 fully saturated rings. The molecular weight excluding hydrogens is 423 g/mol. The number of piperazine rings is 1. The minimum atomic E-state index is -0.503. The van der Waals surface area contributed by atoms with Crippen molar-refractivity contribution >= 4 is 17.5 Å². The van der Waals surface area contributed by atoms with Crippen molar-refractivity contribution in [2.24, 2.45) is 7.05 Å². The molecule has 0 radical (unpaired) electrons. The van der Waals surface area contributed by atoms with E-state index in [-0.39, 0.29) is 17.7 Å². The highest BCUT2D eigenvalue weighted by atomic mass is 35.5. The maximum atomic E-state index is 13.2. The number of hydrogen-bond donors (Lipinski definition) is 0. The summed E-state index contributed by atoms with van der Waals surface area (Å²) in [6.45, 7) is 5.84. The van der Waals surface area contributed by atoms with Crippen LogP contribution < -0.4 is 4.74 Å². The summed E-state index contributed by atoms with van der Waals surface area (Å²) in [7, 11) is 1.92. The Balaban J connectivity index is 1.28. The molecule has 0 bridgehead atoms. The van der Waals surface area contributed by atoms with E-state index >= 15 is 0 Å². The molecule has 1 aliphatic rings. The third-order valence-corrected chi connectivity index (χ3v) is 5.57. The average molecular weight is 447 g/mol. The Labute approximate surface area is 184 Å². The largest absolute Gasteiger partial charge is 0.471 e. The molecule has 0 unspecified atom stereocenters. The number of ether oxygens (including phenoxy) is 1. The van der Waals surface area contributed by atoms with Gasteiger partial charge in [-0.1, -0.05) is 11.6 Å². The highest BCUT2D eigenvalue weighted by Gasteiger charge is 2.24. The maximum absolute atomic E-state index is 13.2. The summed E-state index contributed by atoms with van der Waals surface area (Å²) in [5, 5.41) is 8.69. The van der Waals surface area contributed by atoms with Gasteiger partial charge in [0.05, 0.1) is 10.7 Å². The van der Waals surface area contributed by atoms with E-state index in [1.165, 1.54) is 28.4 Å². The fraction of sp³-hybridized carbons (Fsp3) is 0.381. The molecule has 0 aliphatic carbocycles. The lowest BCUT2D eigenvalue weighted by atomic mass is 10.2. The fourth-order valence-corrected chi connectivity index (χ4v) is 3.74. The Morgan fingerprint density at radius 1 is 1.19 bits per heavy atom. The number of benzene rings is 1. The first-order chi connectivity index (χ1) is 14.9. The van der Waals surface area contributed by atoms with Gasteiger partial charge in [0.2, 0.25) is 0 Å². The third kappa shape index (κ3) is 5.05. The molecule has 1 aromatic carbocycles. The van der Waals surface area contributed by atoms with Crippen molar-refractivity contribution in [2.75, 3.05) is 26.2 Å². The van der Waals surface area contributed by atoms with Gasteiger partial charge in [0.15, 0.2) is 12.4 Å². The van der Waals surface area contributed by atoms with Crippen LogP contribution in [0.3, 0.4) is 0 Å². The number of nitrogens with zero attached hydrogens (tertiary/aromatic N) is 6. The molecule has 2 aromatic heterocycles. The van der Waals surface area contributed by atoms with Crippen molar-refractivity contribution in [1.82, 2.24) is 29.4 Å². The van der Waals surface area contributed by atoms with Crippen molar-refractivity contribution in [3.05, 3.63) is 64.5 Å². The summed E-state index contributed by atoms with van der Waals surface area (Å²) < 4.78 is 22.1. The highest BCUT2D eigenvalue weighted by Crippen LogP contribution is 2.21. The number of rotatable bonds is 6. The lowest BCUT2D eigenvalue weighted by Crippen LogP contribution is -2.48. The summed E-state index contributed by atoms with van der Waals surface area (Å²) in [5.74, 6) is -0.174. The molecule has 8 nitrogen and oxygen atoms in total. The quantitative estimate of drug-likeness (QED) is 0.582. The van der Waals surface area contributed by atoms with E-state index < -0.39 is 5.82 Å². The smallest absolute Gasteiger partial charge is 0.274 e. The summed E-state index contributed by atoms with van der Waals surface area (Å²) in [5.41, 5.74) is 2.62. The van der Waals surface area contributed by atoms with Gasteiger partial charge in [-0.15, -0.1) is 0 Å². The van der Waals surface area contributed by atoms with Crippen LogP contribution in [0.2, 0.25) is 5.02 Å². The molecule has 0 N–H and O–H groups in total. The summed E-state index contributed by atoms with van der Waals surface area (Å²) in [4.78, 5) is 17.0. The number of halogens is 2. The van der Waals surface area contributed by atoms with Gasteiger partial charge in [0.25, 0.3) is 5.91 Å². The van der Waals surface area contributed by atoms with E-state index in [1.807, 2.05) is 29.7 Å². The van der Waals surface area contributed by atoms with Crippen LogP contribution in [0.15, 0.2) is 36.7 Å². The van der Waals surface area contributed by atoms with E-state index in [0.717, 1.165) is 25.3 Å². The predicted molar refractivity (Wildman–Crippen MR) is 113 cm³/mol. The van der Waals surface area contributed by atoms with Crippen LogP contribution in [0.25, 0.3) is 0 Å². The molecule has 3 heterocycles. The number of aromatic nitrogens is 4. The number of amides is 1. The van der Waals surface area contributed by atoms with Crippen molar-refractivity contribution in [3.8, 4) is 5.75 Å². The molecule has 0 atom stereocenters. The zero-order valence-electron chi connectivity index (χ0n) is 17.5. The van der Waals surface area contributed by atoms with Gasteiger partial charge in [-0.2, -0.15) is 10.2 Å². The molecular formula is C21H24ClFN6O2. The van der Waals surface area contributed by atoms with Gasteiger partial charge in [-0.05, 0) is 25.1 Å². The first kappa shape index (κ1) is 21.3. The van der Waals surface area contributed by atoms with Crippen molar-refractivity contribution < 1.29 is 13.9 Å². The normalized spacial score (nSPS) is 14.8. The molecule has 1 amide bonds. The molecule has 1 aliphatic heterocycles. The Morgan fingerprint density at radius 3 is 2.65 bits per heavy atom. The van der Waals surface area contributed by atoms with Gasteiger partial charge in [-0.25, -0.2) is 9.07 Å². The Bertz CT molecular complexity index is 1070. The third-order valence-electron chi connectivity index (χ3n) is 5.28. The minimum Gasteiger partial charge on any atom is -0.471 e. The van der Waals surface area contributed by atoms with Gasteiger partial charge in [0.1, 0.15) is 11.6 Å². The average Bonchev–Trinajstić information content (AvgIpc) is 3.35. The first-order valence-electron chi connectivity index (χ1n) is 10.0.